The Labute approximate surface area is 758 Å². The van der Waals surface area contributed by atoms with Crippen molar-refractivity contribution in [2.75, 3.05) is 59.3 Å². The number of carbonyl (C=O) groups is 2. The van der Waals surface area contributed by atoms with Crippen molar-refractivity contribution in [1.82, 2.24) is 0 Å². The molecule has 0 bridgehead atoms. The molecule has 0 spiro atoms. The van der Waals surface area contributed by atoms with E-state index in [0.29, 0.717) is 19.7 Å². The van der Waals surface area contributed by atoms with E-state index in [-0.39, 0.29) is 49.7 Å². The predicted octanol–water partition coefficient (Wildman–Crippen LogP) is 7.64. The number of aliphatic hydroxyl groups excluding tert-OH is 8. The van der Waals surface area contributed by atoms with E-state index >= 15 is 0 Å². The molecule has 10 N–H and O–H groups in total. The van der Waals surface area contributed by atoms with Gasteiger partial charge in [-0.25, -0.2) is 0 Å². The first-order valence-electron chi connectivity index (χ1n) is 35.3. The van der Waals surface area contributed by atoms with Crippen LogP contribution >= 0.6 is 0 Å². The third-order valence-electron chi connectivity index (χ3n) is 15.5. The minimum absolute atomic E-state index is 0.00346. The van der Waals surface area contributed by atoms with E-state index in [0.717, 1.165) is 83.6 Å². The van der Waals surface area contributed by atoms with Crippen LogP contribution in [0.1, 0.15) is 182 Å². The molecule has 0 aromatic heterocycles. The molecule has 113 heavy (non-hydrogen) atoms. The highest BCUT2D eigenvalue weighted by molar-refractivity contribution is 8.75. The van der Waals surface area contributed by atoms with Gasteiger partial charge in [0.1, 0.15) is 55.4 Å². The molecule has 0 aliphatic carbocycles. The number of hydrogen-bond donors (Lipinski definition) is 9. The van der Waals surface area contributed by atoms with Crippen LogP contribution in [-0.2, 0) is 310 Å². The molecular formula is C60H109N7O18S28. The number of esters is 2. The number of unbranched alkanes of at least 4 members (excludes halogenated alkanes) is 21. The third kappa shape index (κ3) is 73.3. The maximum atomic E-state index is 11.6. The van der Waals surface area contributed by atoms with Gasteiger partial charge in [-0.15, -0.1) is 0 Å². The molecule has 0 saturated carbocycles. The standard InChI is InChI=1S/C24H41N3O6.C18H33N3O6.C18H35NO6.S11.S10.S7/c1-18-19(2)23(32-21(4)29)24(33-22(18)17-31-20(3)28)30-16-14-12-10-8-6-5-7-9-11-13-15-26-27-25;19-21-20-11-9-7-5-3-1-2-4-6-8-10-12-26-18-17(25)16(24)15(23)14(13-22)27-18;19-11-9-7-5-3-1-2-4-6-8-10-12-24-18-17(23)16(22)15(21)14(13-20)25-18;1-3-5-7-9-11-10-8-6-4-2;1-3-5-7-9-10-8-6-4-2;1-3-5-7-6-4-2/h12,14,18-19,22-24H,5-11,13,15-17H2,1-4H3;8,10,14-18,22-25H,1-7,9,11-13H2;8,10,14-18,20-23H,1-7,9,11-13,19H2;;;/b14-12+;2*10-8+;;;/t18-,19+,22?,23?,24-;2*14?,15-,16-,17?,18+;;;/m100.../s1. The number of hydrogen-bond acceptors (Lipinski definition) is 27. The van der Waals surface area contributed by atoms with E-state index in [1.54, 1.807) is 142 Å². The van der Waals surface area contributed by atoms with Crippen molar-refractivity contribution in [3.8, 4) is 0 Å². The summed E-state index contributed by atoms with van der Waals surface area (Å²) in [6.07, 6.45) is 25.3. The molecule has 0 amide bonds. The smallest absolute Gasteiger partial charge is 0.303 e. The van der Waals surface area contributed by atoms with Crippen LogP contribution < -0.4 is 5.73 Å². The fourth-order valence-corrected chi connectivity index (χ4v) is 53.7. The molecule has 3 aliphatic heterocycles. The summed E-state index contributed by atoms with van der Waals surface area (Å²) in [5.41, 5.74) is 21.8. The summed E-state index contributed by atoms with van der Waals surface area (Å²) in [5, 5.41) is 83.6. The Hall–Kier alpha value is 2.34. The Morgan fingerprint density at radius 3 is 0.991 bits per heavy atom. The summed E-state index contributed by atoms with van der Waals surface area (Å²) in [4.78, 5) is 28.2. The lowest BCUT2D eigenvalue weighted by Crippen LogP contribution is -2.59. The molecule has 25 nitrogen and oxygen atoms in total. The van der Waals surface area contributed by atoms with E-state index in [1.807, 2.05) is 44.2 Å². The van der Waals surface area contributed by atoms with Crippen molar-refractivity contribution in [3.05, 3.63) is 57.3 Å². The van der Waals surface area contributed by atoms with Gasteiger partial charge in [-0.2, -0.15) is 0 Å². The van der Waals surface area contributed by atoms with Crippen molar-refractivity contribution in [1.29, 1.82) is 0 Å². The van der Waals surface area contributed by atoms with Crippen LogP contribution in [0.15, 0.2) is 46.7 Å². The Balaban J connectivity index is -0.00000138. The lowest BCUT2D eigenvalue weighted by Gasteiger charge is -2.43. The van der Waals surface area contributed by atoms with Gasteiger partial charge in [0.15, 0.2) is 25.0 Å². The second kappa shape index (κ2) is 92.0. The fraction of sp³-hybridized carbons (Fsp3) is 0.867. The van der Waals surface area contributed by atoms with Crippen LogP contribution in [0.5, 0.6) is 0 Å². The zero-order valence-electron chi connectivity index (χ0n) is 62.8. The predicted molar refractivity (Wildman–Crippen MR) is 526 cm³/mol. The van der Waals surface area contributed by atoms with E-state index in [9.17, 15) is 40.2 Å². The van der Waals surface area contributed by atoms with E-state index < -0.39 is 87.0 Å². The average molecular weight is 2110 g/mol. The minimum atomic E-state index is -1.41. The fourth-order valence-electron chi connectivity index (χ4n) is 9.78. The Morgan fingerprint density at radius 2 is 0.690 bits per heavy atom. The molecule has 53 heteroatoms. The van der Waals surface area contributed by atoms with Gasteiger partial charge in [-0.05, 0) is 81.3 Å². The highest BCUT2D eigenvalue weighted by Crippen LogP contribution is 2.34. The van der Waals surface area contributed by atoms with Gasteiger partial charge in [-0.1, -0.05) is 157 Å². The average Bonchev–Trinajstić information content (AvgIpc) is 0.825. The molecule has 15 atom stereocenters. The molecule has 3 fully saturated rings. The normalized spacial score (nSPS) is 22.4. The number of rotatable bonds is 43. The van der Waals surface area contributed by atoms with Crippen molar-refractivity contribution >= 4 is 274 Å². The van der Waals surface area contributed by atoms with Crippen LogP contribution in [0.2, 0.25) is 0 Å². The van der Waals surface area contributed by atoms with Gasteiger partial charge >= 0.3 is 11.9 Å². The second-order valence-electron chi connectivity index (χ2n) is 23.4. The summed E-state index contributed by atoms with van der Waals surface area (Å²) in [7, 11) is 34.5. The van der Waals surface area contributed by atoms with Gasteiger partial charge in [0.25, 0.3) is 0 Å². The van der Waals surface area contributed by atoms with Gasteiger partial charge in [0.2, 0.25) is 0 Å². The molecule has 0 aromatic rings. The SMILES string of the molecule is CC(=O)OCC1O[C@@H](OC/C=C/CCCCCCCCCN=[N+]=[N-])C(OC(C)=O)[C@@H](C)[C@H]1C.NCCCCCCCCC/C=C/CO[C@@H]1OC(CO)[C@H](O)[C@H](O)C1O.S=S=S=S=S=S=S.S=S=S=S=S=S=S=S=S=S.S=S=S=S=S=S=S=S=S=S=S.[N-]=[N+]=NCCCCCCCCC/C=C/CO[C@@H]1OC(CO)[C@H](O)[C@H](O)C1O. The first-order chi connectivity index (χ1) is 54.8. The highest BCUT2D eigenvalue weighted by Gasteiger charge is 2.46. The zero-order chi connectivity index (χ0) is 84.4. The number of ether oxygens (including phenoxy) is 8. The Morgan fingerprint density at radius 1 is 0.398 bits per heavy atom. The Bertz CT molecular complexity index is 3690. The van der Waals surface area contributed by atoms with Gasteiger partial charge in [0, 0.05) is 305 Å². The molecule has 3 heterocycles. The minimum Gasteiger partial charge on any atom is -0.463 e. The topological polar surface area (TPSA) is 393 Å². The van der Waals surface area contributed by atoms with Crippen LogP contribution in [0, 0.1) is 11.8 Å². The van der Waals surface area contributed by atoms with Crippen molar-refractivity contribution in [2.24, 2.45) is 27.8 Å². The molecule has 6 unspecified atom stereocenters. The number of carbonyl (C=O) groups excluding carboxylic acids is 2. The lowest BCUT2D eigenvalue weighted by atomic mass is 9.83. The van der Waals surface area contributed by atoms with Gasteiger partial charge < -0.3 is 84.5 Å². The summed E-state index contributed by atoms with van der Waals surface area (Å²) in [5.74, 6) is -0.696. The van der Waals surface area contributed by atoms with E-state index in [4.69, 9.17) is 64.9 Å². The molecule has 0 aromatic carbocycles. The first-order valence-corrected chi connectivity index (χ1v) is 68.7. The summed E-state index contributed by atoms with van der Waals surface area (Å²) in [6.45, 7) is 8.75. The molecule has 0 radical (unpaired) electrons. The lowest BCUT2D eigenvalue weighted by molar-refractivity contribution is -0.298. The summed E-state index contributed by atoms with van der Waals surface area (Å²) in [6, 6.07) is 0. The van der Waals surface area contributed by atoms with Crippen LogP contribution in [0.4, 0.5) is 0 Å². The van der Waals surface area contributed by atoms with E-state index in [2.05, 4.69) is 93.3 Å². The molecular weight excluding hydrogens is 2000 g/mol. The van der Waals surface area contributed by atoms with Crippen LogP contribution in [0.25, 0.3) is 20.9 Å². The van der Waals surface area contributed by atoms with E-state index in [1.165, 1.54) is 144 Å². The number of allylic oxidation sites excluding steroid dienone is 3. The van der Waals surface area contributed by atoms with Crippen molar-refractivity contribution in [3.63, 3.8) is 0 Å². The molecule has 3 saturated heterocycles. The maximum absolute atomic E-state index is 11.6. The molecule has 660 valence electrons. The third-order valence-corrected chi connectivity index (χ3v) is 57.7. The highest BCUT2D eigenvalue weighted by atomic mass is 33.4. The number of aliphatic hydroxyl groups is 8. The monoisotopic (exact) mass is 2110 g/mol. The summed E-state index contributed by atoms with van der Waals surface area (Å²) >= 11 is 27.8. The van der Waals surface area contributed by atoms with Gasteiger partial charge in [-0.3, -0.25) is 9.59 Å². The molecule has 3 rings (SSSR count). The summed E-state index contributed by atoms with van der Waals surface area (Å²) < 4.78 is 43.8. The van der Waals surface area contributed by atoms with Crippen molar-refractivity contribution in [2.45, 2.75) is 262 Å². The van der Waals surface area contributed by atoms with Crippen LogP contribution in [-0.4, -0.2) is 192 Å². The van der Waals surface area contributed by atoms with Gasteiger partial charge in [0.05, 0.1) is 39.1 Å². The quantitative estimate of drug-likeness (QED) is 0.00706. The van der Waals surface area contributed by atoms with Crippen molar-refractivity contribution < 1.29 is 88.3 Å². The Kier molecular flexibility index (Phi) is 97.3. The zero-order valence-corrected chi connectivity index (χ0v) is 85.7. The number of nitrogens with zero attached hydrogens (tertiary/aromatic N) is 6. The molecule has 3 aliphatic rings. The first kappa shape index (κ1) is 119. The number of nitrogens with two attached hydrogens (primary N) is 1. The second-order valence-corrected chi connectivity index (χ2v) is 62.4. The number of azide groups is 2. The largest absolute Gasteiger partial charge is 0.463 e. The maximum Gasteiger partial charge on any atom is 0.303 e. The van der Waals surface area contributed by atoms with Crippen LogP contribution in [0.3, 0.4) is 0 Å².